The number of nitrogen functional groups attached to an aromatic ring is 1. The molecule has 0 heterocycles. The van der Waals surface area contributed by atoms with Crippen LogP contribution < -0.4 is 11.1 Å². The summed E-state index contributed by atoms with van der Waals surface area (Å²) < 4.78 is 0. The van der Waals surface area contributed by atoms with Crippen molar-refractivity contribution < 1.29 is 15.0 Å². The fourth-order valence-corrected chi connectivity index (χ4v) is 2.08. The van der Waals surface area contributed by atoms with Gasteiger partial charge in [-0.15, -0.1) is 0 Å². The quantitative estimate of drug-likeness (QED) is 0.334. The largest absolute Gasteiger partial charge is 0.506 e. The first-order valence-corrected chi connectivity index (χ1v) is 6.86. The van der Waals surface area contributed by atoms with E-state index in [1.54, 1.807) is 17.8 Å². The van der Waals surface area contributed by atoms with Crippen LogP contribution in [-0.2, 0) is 0 Å². The molecule has 0 aliphatic carbocycles. The molecule has 0 aromatic heterocycles. The minimum Gasteiger partial charge on any atom is -0.506 e. The number of hydrogen-bond donors (Lipinski definition) is 4. The molecule has 1 aromatic carbocycles. The lowest BCUT2D eigenvalue weighted by Crippen LogP contribution is -2.25. The number of aliphatic hydroxyl groups is 1. The number of aliphatic hydroxyl groups excluding tert-OH is 1. The molecule has 0 bridgehead atoms. The van der Waals surface area contributed by atoms with E-state index in [9.17, 15) is 9.90 Å². The molecule has 0 spiro atoms. The highest BCUT2D eigenvalue weighted by molar-refractivity contribution is 7.99. The lowest BCUT2D eigenvalue weighted by atomic mass is 10.2. The molecule has 0 atom stereocenters. The van der Waals surface area contributed by atoms with Gasteiger partial charge in [0.2, 0.25) is 0 Å². The molecule has 1 aromatic rings. The van der Waals surface area contributed by atoms with Gasteiger partial charge in [0.25, 0.3) is 5.91 Å². The van der Waals surface area contributed by atoms with Crippen LogP contribution >= 0.6 is 11.8 Å². The van der Waals surface area contributed by atoms with Crippen molar-refractivity contribution in [2.75, 3.05) is 30.4 Å². The van der Waals surface area contributed by atoms with Crippen LogP contribution in [0.2, 0.25) is 0 Å². The Labute approximate surface area is 110 Å². The second-order valence-electron chi connectivity index (χ2n) is 3.72. The van der Waals surface area contributed by atoms with Gasteiger partial charge in [-0.25, -0.2) is 0 Å². The maximum Gasteiger partial charge on any atom is 0.251 e. The minimum absolute atomic E-state index is 0.0834. The van der Waals surface area contributed by atoms with Crippen molar-refractivity contribution in [3.63, 3.8) is 0 Å². The zero-order valence-corrected chi connectivity index (χ0v) is 10.9. The van der Waals surface area contributed by atoms with Gasteiger partial charge in [-0.05, 0) is 30.4 Å². The van der Waals surface area contributed by atoms with E-state index in [4.69, 9.17) is 10.8 Å². The van der Waals surface area contributed by atoms with Crippen molar-refractivity contribution in [1.29, 1.82) is 0 Å². The van der Waals surface area contributed by atoms with Gasteiger partial charge < -0.3 is 21.3 Å². The zero-order valence-electron chi connectivity index (χ0n) is 10.1. The molecule has 5 N–H and O–H groups in total. The van der Waals surface area contributed by atoms with Crippen molar-refractivity contribution >= 4 is 23.4 Å². The molecule has 0 saturated carbocycles. The van der Waals surface area contributed by atoms with E-state index in [0.29, 0.717) is 12.1 Å². The Morgan fingerprint density at radius 2 is 2.17 bits per heavy atom. The van der Waals surface area contributed by atoms with Gasteiger partial charge in [-0.2, -0.15) is 11.8 Å². The summed E-state index contributed by atoms with van der Waals surface area (Å²) in [5.41, 5.74) is 6.10. The number of aromatic hydroxyl groups is 1. The highest BCUT2D eigenvalue weighted by Crippen LogP contribution is 2.20. The zero-order chi connectivity index (χ0) is 13.4. The first-order valence-electron chi connectivity index (χ1n) is 5.70. The van der Waals surface area contributed by atoms with Gasteiger partial charge in [0, 0.05) is 24.5 Å². The van der Waals surface area contributed by atoms with Crippen LogP contribution in [0.25, 0.3) is 0 Å². The summed E-state index contributed by atoms with van der Waals surface area (Å²) in [5, 5.41) is 20.7. The minimum atomic E-state index is -0.229. The molecule has 0 fully saturated rings. The Hall–Kier alpha value is -1.40. The van der Waals surface area contributed by atoms with Gasteiger partial charge >= 0.3 is 0 Å². The third-order valence-electron chi connectivity index (χ3n) is 2.27. The second kappa shape index (κ2) is 7.84. The van der Waals surface area contributed by atoms with Crippen LogP contribution in [0.15, 0.2) is 18.2 Å². The smallest absolute Gasteiger partial charge is 0.251 e. The third-order valence-corrected chi connectivity index (χ3v) is 3.34. The number of phenolic OH excluding ortho intramolecular Hbond substituents is 1. The Kier molecular flexibility index (Phi) is 6.38. The first kappa shape index (κ1) is 14.7. The molecule has 100 valence electrons. The predicted octanol–water partition coefficient (Wildman–Crippen LogP) is 0.820. The Morgan fingerprint density at radius 1 is 1.39 bits per heavy atom. The van der Waals surface area contributed by atoms with Gasteiger partial charge in [-0.1, -0.05) is 0 Å². The van der Waals surface area contributed by atoms with Gasteiger partial charge in [0.15, 0.2) is 0 Å². The molecule has 6 heteroatoms. The molecule has 0 aliphatic heterocycles. The Morgan fingerprint density at radius 3 is 2.83 bits per heavy atom. The van der Waals surface area contributed by atoms with E-state index in [1.165, 1.54) is 12.1 Å². The number of thioether (sulfide) groups is 1. The highest BCUT2D eigenvalue weighted by Gasteiger charge is 2.07. The molecular weight excluding hydrogens is 252 g/mol. The van der Waals surface area contributed by atoms with Crippen molar-refractivity contribution in [2.45, 2.75) is 6.42 Å². The van der Waals surface area contributed by atoms with Crippen LogP contribution in [0.5, 0.6) is 5.75 Å². The van der Waals surface area contributed by atoms with Crippen molar-refractivity contribution in [1.82, 2.24) is 5.32 Å². The molecule has 0 aliphatic rings. The molecule has 0 unspecified atom stereocenters. The maximum absolute atomic E-state index is 11.7. The van der Waals surface area contributed by atoms with Crippen LogP contribution in [0.4, 0.5) is 5.69 Å². The number of nitrogens with one attached hydrogen (secondary N) is 1. The molecule has 1 rings (SSSR count). The van der Waals surface area contributed by atoms with Crippen molar-refractivity contribution in [2.24, 2.45) is 0 Å². The summed E-state index contributed by atoms with van der Waals surface area (Å²) in [5.74, 6) is 1.37. The lowest BCUT2D eigenvalue weighted by Gasteiger charge is -2.06. The van der Waals surface area contributed by atoms with Crippen molar-refractivity contribution in [3.05, 3.63) is 23.8 Å². The van der Waals surface area contributed by atoms with E-state index in [0.717, 1.165) is 17.9 Å². The summed E-state index contributed by atoms with van der Waals surface area (Å²) in [6.45, 7) is 0.754. The van der Waals surface area contributed by atoms with E-state index >= 15 is 0 Å². The fraction of sp³-hybridized carbons (Fsp3) is 0.417. The number of rotatable bonds is 7. The monoisotopic (exact) mass is 270 g/mol. The van der Waals surface area contributed by atoms with E-state index in [2.05, 4.69) is 5.32 Å². The van der Waals surface area contributed by atoms with E-state index in [1.807, 2.05) is 0 Å². The maximum atomic E-state index is 11.7. The molecule has 0 saturated heterocycles. The predicted molar refractivity (Wildman–Crippen MR) is 73.9 cm³/mol. The molecule has 5 nitrogen and oxygen atoms in total. The molecule has 18 heavy (non-hydrogen) atoms. The average molecular weight is 270 g/mol. The van der Waals surface area contributed by atoms with Crippen LogP contribution in [-0.4, -0.2) is 40.8 Å². The highest BCUT2D eigenvalue weighted by atomic mass is 32.2. The lowest BCUT2D eigenvalue weighted by molar-refractivity contribution is 0.0956. The summed E-state index contributed by atoms with van der Waals surface area (Å²) in [6.07, 6.45) is 0.768. The van der Waals surface area contributed by atoms with Crippen LogP contribution in [0.3, 0.4) is 0 Å². The average Bonchev–Trinajstić information content (AvgIpc) is 2.36. The number of phenols is 1. The number of benzene rings is 1. The summed E-state index contributed by atoms with van der Waals surface area (Å²) >= 11 is 1.68. The van der Waals surface area contributed by atoms with Gasteiger partial charge in [-0.3, -0.25) is 4.79 Å². The number of hydrogen-bond acceptors (Lipinski definition) is 5. The van der Waals surface area contributed by atoms with Gasteiger partial charge in [0.05, 0.1) is 5.69 Å². The molecule has 1 amide bonds. The van der Waals surface area contributed by atoms with Crippen LogP contribution in [0, 0.1) is 0 Å². The van der Waals surface area contributed by atoms with Gasteiger partial charge in [0.1, 0.15) is 5.75 Å². The topological polar surface area (TPSA) is 95.6 Å². The SMILES string of the molecule is Nc1ccc(C(=O)NCCSCCCO)cc1O. The Balaban J connectivity index is 2.30. The van der Waals surface area contributed by atoms with E-state index < -0.39 is 0 Å². The standard InChI is InChI=1S/C12H18N2O3S/c13-10-3-2-9(8-11(10)16)12(17)14-4-7-18-6-1-5-15/h2-3,8,15-16H,1,4-7,13H2,(H,14,17). The molecule has 0 radical (unpaired) electrons. The fourth-order valence-electron chi connectivity index (χ4n) is 1.29. The third kappa shape index (κ3) is 4.85. The second-order valence-corrected chi connectivity index (χ2v) is 4.94. The van der Waals surface area contributed by atoms with E-state index in [-0.39, 0.29) is 24.0 Å². The normalized spacial score (nSPS) is 10.3. The number of carbonyl (C=O) groups excluding carboxylic acids is 1. The summed E-state index contributed by atoms with van der Waals surface area (Å²) in [6, 6.07) is 4.42. The summed E-state index contributed by atoms with van der Waals surface area (Å²) in [7, 11) is 0. The first-order chi connectivity index (χ1) is 8.65. The van der Waals surface area contributed by atoms with Crippen LogP contribution in [0.1, 0.15) is 16.8 Å². The Bertz CT molecular complexity index is 399. The molecular formula is C12H18N2O3S. The number of nitrogens with two attached hydrogens (primary N) is 1. The number of anilines is 1. The van der Waals surface area contributed by atoms with Crippen molar-refractivity contribution in [3.8, 4) is 5.75 Å². The summed E-state index contributed by atoms with van der Waals surface area (Å²) in [4.78, 5) is 11.7. The number of carbonyl (C=O) groups is 1. The number of amides is 1.